The van der Waals surface area contributed by atoms with Gasteiger partial charge < -0.3 is 10.1 Å². The molecule has 1 aromatic rings. The van der Waals surface area contributed by atoms with Gasteiger partial charge in [0.25, 0.3) is 11.6 Å². The van der Waals surface area contributed by atoms with Crippen LogP contribution in [0.15, 0.2) is 18.2 Å². The predicted molar refractivity (Wildman–Crippen MR) is 79.5 cm³/mol. The third-order valence-electron chi connectivity index (χ3n) is 2.38. The summed E-state index contributed by atoms with van der Waals surface area (Å²) in [4.78, 5) is 33.4. The molecule has 9 nitrogen and oxygen atoms in total. The molecule has 1 rings (SSSR count). The van der Waals surface area contributed by atoms with E-state index in [2.05, 4.69) is 16.2 Å². The molecule has 0 fully saturated rings. The Labute approximate surface area is 127 Å². The molecule has 0 aromatic heterocycles. The third kappa shape index (κ3) is 4.93. The Morgan fingerprint density at radius 2 is 1.91 bits per heavy atom. The van der Waals surface area contributed by atoms with E-state index < -0.39 is 22.5 Å². The van der Waals surface area contributed by atoms with Gasteiger partial charge in [-0.15, -0.1) is 0 Å². The summed E-state index contributed by atoms with van der Waals surface area (Å²) in [7, 11) is 1.42. The van der Waals surface area contributed by atoms with Gasteiger partial charge >= 0.3 is 6.09 Å². The van der Waals surface area contributed by atoms with E-state index in [1.807, 2.05) is 0 Å². The fourth-order valence-corrected chi connectivity index (χ4v) is 1.50. The maximum Gasteiger partial charge on any atom is 0.426 e. The number of carbonyl (C=O) groups is 2. The number of nitrogens with zero attached hydrogens (tertiary/aromatic N) is 1. The fraction of sp³-hybridized carbons (Fsp3) is 0.385. The summed E-state index contributed by atoms with van der Waals surface area (Å²) >= 11 is 0. The van der Waals surface area contributed by atoms with Crippen LogP contribution in [0.3, 0.4) is 0 Å². The highest BCUT2D eigenvalue weighted by Gasteiger charge is 2.19. The molecule has 9 heteroatoms. The topological polar surface area (TPSA) is 123 Å². The van der Waals surface area contributed by atoms with Gasteiger partial charge in [-0.05, 0) is 32.9 Å². The number of hydrogen-bond acceptors (Lipinski definition) is 6. The molecular weight excluding hydrogens is 292 g/mol. The van der Waals surface area contributed by atoms with Gasteiger partial charge in [-0.25, -0.2) is 10.2 Å². The van der Waals surface area contributed by atoms with Gasteiger partial charge in [-0.2, -0.15) is 0 Å². The summed E-state index contributed by atoms with van der Waals surface area (Å²) in [5, 5.41) is 13.4. The Morgan fingerprint density at radius 3 is 2.41 bits per heavy atom. The van der Waals surface area contributed by atoms with Crippen LogP contribution in [0.5, 0.6) is 0 Å². The molecule has 120 valence electrons. The number of nitro groups is 1. The number of rotatable bonds is 4. The summed E-state index contributed by atoms with van der Waals surface area (Å²) in [5.41, 5.74) is 3.72. The number of ether oxygens (including phenoxy) is 1. The van der Waals surface area contributed by atoms with E-state index in [1.165, 1.54) is 19.2 Å². The van der Waals surface area contributed by atoms with Crippen molar-refractivity contribution in [2.45, 2.75) is 26.4 Å². The monoisotopic (exact) mass is 310 g/mol. The van der Waals surface area contributed by atoms with Gasteiger partial charge in [-0.1, -0.05) is 0 Å². The second-order valence-electron chi connectivity index (χ2n) is 5.32. The van der Waals surface area contributed by atoms with Crippen LogP contribution >= 0.6 is 0 Å². The van der Waals surface area contributed by atoms with E-state index in [0.29, 0.717) is 0 Å². The number of anilines is 1. The molecule has 1 aromatic carbocycles. The zero-order valence-electron chi connectivity index (χ0n) is 12.7. The average molecular weight is 310 g/mol. The van der Waals surface area contributed by atoms with E-state index in [-0.39, 0.29) is 16.9 Å². The Bertz CT molecular complexity index is 595. The van der Waals surface area contributed by atoms with Crippen molar-refractivity contribution in [3.63, 3.8) is 0 Å². The number of carbonyl (C=O) groups excluding carboxylic acids is 2. The van der Waals surface area contributed by atoms with Gasteiger partial charge in [0.15, 0.2) is 0 Å². The first-order valence-corrected chi connectivity index (χ1v) is 6.39. The van der Waals surface area contributed by atoms with Crippen molar-refractivity contribution in [3.05, 3.63) is 33.9 Å². The van der Waals surface area contributed by atoms with Crippen molar-refractivity contribution in [1.29, 1.82) is 0 Å². The Kier molecular flexibility index (Phi) is 5.28. The van der Waals surface area contributed by atoms with Crippen molar-refractivity contribution in [1.82, 2.24) is 10.7 Å². The third-order valence-corrected chi connectivity index (χ3v) is 2.38. The van der Waals surface area contributed by atoms with Crippen molar-refractivity contribution in [3.8, 4) is 0 Å². The molecule has 3 N–H and O–H groups in total. The molecule has 22 heavy (non-hydrogen) atoms. The first-order chi connectivity index (χ1) is 10.1. The van der Waals surface area contributed by atoms with E-state index in [0.717, 1.165) is 6.07 Å². The molecule has 0 radical (unpaired) electrons. The highest BCUT2D eigenvalue weighted by Crippen LogP contribution is 2.25. The van der Waals surface area contributed by atoms with Crippen molar-refractivity contribution < 1.29 is 19.2 Å². The zero-order valence-corrected chi connectivity index (χ0v) is 12.7. The maximum atomic E-state index is 11.5. The molecule has 0 heterocycles. The highest BCUT2D eigenvalue weighted by atomic mass is 16.6. The molecule has 2 amide bonds. The SMILES string of the molecule is CNC(=O)c1ccc(NNC(=O)OC(C)(C)C)c([N+](=O)[O-])c1. The van der Waals surface area contributed by atoms with Crippen molar-refractivity contribution in [2.24, 2.45) is 0 Å². The quantitative estimate of drug-likeness (QED) is 0.575. The molecule has 0 aliphatic heterocycles. The fourth-order valence-electron chi connectivity index (χ4n) is 1.50. The minimum Gasteiger partial charge on any atom is -0.443 e. The molecule has 0 saturated heterocycles. The van der Waals surface area contributed by atoms with Crippen molar-refractivity contribution >= 4 is 23.4 Å². The number of benzene rings is 1. The minimum absolute atomic E-state index is 0.0310. The normalized spacial score (nSPS) is 10.5. The van der Waals surface area contributed by atoms with Gasteiger partial charge in [0.2, 0.25) is 0 Å². The number of amides is 2. The van der Waals surface area contributed by atoms with Gasteiger partial charge in [0, 0.05) is 18.7 Å². The van der Waals surface area contributed by atoms with E-state index in [9.17, 15) is 19.7 Å². The smallest absolute Gasteiger partial charge is 0.426 e. The molecule has 0 atom stereocenters. The van der Waals surface area contributed by atoms with Gasteiger partial charge in [0.1, 0.15) is 11.3 Å². The predicted octanol–water partition coefficient (Wildman–Crippen LogP) is 1.81. The van der Waals surface area contributed by atoms with Crippen LogP contribution in [0, 0.1) is 10.1 Å². The number of hydrazine groups is 1. The highest BCUT2D eigenvalue weighted by molar-refractivity contribution is 5.95. The molecule has 0 unspecified atom stereocenters. The summed E-state index contributed by atoms with van der Waals surface area (Å²) in [6, 6.07) is 3.82. The van der Waals surface area contributed by atoms with Gasteiger partial charge in [-0.3, -0.25) is 20.3 Å². The van der Waals surface area contributed by atoms with Crippen LogP contribution in [0.1, 0.15) is 31.1 Å². The number of hydrogen-bond donors (Lipinski definition) is 3. The van der Waals surface area contributed by atoms with E-state index in [4.69, 9.17) is 4.74 Å². The second kappa shape index (κ2) is 6.74. The summed E-state index contributed by atoms with van der Waals surface area (Å²) in [6.45, 7) is 5.06. The lowest BCUT2D eigenvalue weighted by molar-refractivity contribution is -0.384. The van der Waals surface area contributed by atoms with E-state index >= 15 is 0 Å². The zero-order chi connectivity index (χ0) is 16.9. The maximum absolute atomic E-state index is 11.5. The number of nitrogens with one attached hydrogen (secondary N) is 3. The Hall–Kier alpha value is -2.84. The molecule has 0 spiro atoms. The molecule has 0 aliphatic carbocycles. The van der Waals surface area contributed by atoms with Crippen LogP contribution in [0.4, 0.5) is 16.2 Å². The molecule has 0 saturated carbocycles. The first kappa shape index (κ1) is 17.2. The summed E-state index contributed by atoms with van der Waals surface area (Å²) in [5.74, 6) is -0.449. The Morgan fingerprint density at radius 1 is 1.27 bits per heavy atom. The largest absolute Gasteiger partial charge is 0.443 e. The summed E-state index contributed by atoms with van der Waals surface area (Å²) in [6.07, 6.45) is -0.780. The van der Waals surface area contributed by atoms with Crippen LogP contribution in [-0.4, -0.2) is 29.6 Å². The van der Waals surface area contributed by atoms with Gasteiger partial charge in [0.05, 0.1) is 4.92 Å². The molecule has 0 bridgehead atoms. The van der Waals surface area contributed by atoms with Crippen LogP contribution in [-0.2, 0) is 4.74 Å². The first-order valence-electron chi connectivity index (χ1n) is 6.39. The average Bonchev–Trinajstić information content (AvgIpc) is 2.42. The lowest BCUT2D eigenvalue weighted by Crippen LogP contribution is -2.36. The lowest BCUT2D eigenvalue weighted by atomic mass is 10.1. The lowest BCUT2D eigenvalue weighted by Gasteiger charge is -2.20. The Balaban J connectivity index is 2.89. The van der Waals surface area contributed by atoms with Crippen LogP contribution < -0.4 is 16.2 Å². The van der Waals surface area contributed by atoms with Crippen LogP contribution in [0.2, 0.25) is 0 Å². The molecule has 0 aliphatic rings. The molecular formula is C13H18N4O5. The standard InChI is InChI=1S/C13H18N4O5/c1-13(2,3)22-12(19)16-15-9-6-5-8(11(18)14-4)7-10(9)17(20)21/h5-7,15H,1-4H3,(H,14,18)(H,16,19). The summed E-state index contributed by atoms with van der Waals surface area (Å²) < 4.78 is 4.99. The van der Waals surface area contributed by atoms with Crippen LogP contribution in [0.25, 0.3) is 0 Å². The van der Waals surface area contributed by atoms with E-state index in [1.54, 1.807) is 20.8 Å². The van der Waals surface area contributed by atoms with Crippen molar-refractivity contribution in [2.75, 3.05) is 12.5 Å². The number of nitro benzene ring substituents is 1. The second-order valence-corrected chi connectivity index (χ2v) is 5.32. The minimum atomic E-state index is -0.780.